The number of hydrogen-bond donors (Lipinski definition) is 0. The van der Waals surface area contributed by atoms with Gasteiger partial charge in [0.15, 0.2) is 5.76 Å². The van der Waals surface area contributed by atoms with Gasteiger partial charge in [0.25, 0.3) is 5.91 Å². The number of carbonyl (C=O) groups excluding carboxylic acids is 2. The molecule has 10 heteroatoms. The molecule has 9 nitrogen and oxygen atoms in total. The summed E-state index contributed by atoms with van der Waals surface area (Å²) in [5, 5.41) is 0. The van der Waals surface area contributed by atoms with Gasteiger partial charge in [-0.3, -0.25) is 9.59 Å². The molecule has 3 aromatic rings. The van der Waals surface area contributed by atoms with Crippen LogP contribution < -0.4 is 9.80 Å². The van der Waals surface area contributed by atoms with E-state index in [1.165, 1.54) is 17.5 Å². The molecule has 3 heterocycles. The van der Waals surface area contributed by atoms with Crippen LogP contribution in [0.3, 0.4) is 0 Å². The van der Waals surface area contributed by atoms with Crippen molar-refractivity contribution in [3.05, 3.63) is 66.6 Å². The van der Waals surface area contributed by atoms with Crippen LogP contribution in [0.2, 0.25) is 0 Å². The maximum atomic E-state index is 13.2. The number of nitrogens with zero attached hydrogens (tertiary/aromatic N) is 3. The lowest BCUT2D eigenvalue weighted by molar-refractivity contribution is -0.117. The molecule has 0 aliphatic carbocycles. The first kappa shape index (κ1) is 24.2. The van der Waals surface area contributed by atoms with E-state index in [-0.39, 0.29) is 28.5 Å². The second kappa shape index (κ2) is 9.53. The molecule has 0 N–H and O–H groups in total. The maximum absolute atomic E-state index is 13.2. The van der Waals surface area contributed by atoms with E-state index >= 15 is 0 Å². The molecule has 2 aliphatic rings. The Hall–Kier alpha value is -3.47. The van der Waals surface area contributed by atoms with E-state index in [4.69, 9.17) is 9.15 Å². The normalized spacial score (nSPS) is 18.7. The molecular weight excluding hydrogens is 482 g/mol. The molecule has 1 atom stereocenters. The molecule has 0 saturated carbocycles. The van der Waals surface area contributed by atoms with Crippen LogP contribution in [0, 0.1) is 0 Å². The number of amides is 2. The number of sulfonamides is 1. The number of hydrogen-bond acceptors (Lipinski definition) is 6. The van der Waals surface area contributed by atoms with Gasteiger partial charge >= 0.3 is 0 Å². The smallest absolute Gasteiger partial charge is 0.294 e. The van der Waals surface area contributed by atoms with Crippen molar-refractivity contribution in [2.75, 3.05) is 42.6 Å². The van der Waals surface area contributed by atoms with Crippen molar-refractivity contribution in [2.24, 2.45) is 0 Å². The molecule has 5 rings (SSSR count). The first-order valence-electron chi connectivity index (χ1n) is 11.7. The van der Waals surface area contributed by atoms with Crippen LogP contribution in [0.4, 0.5) is 11.4 Å². The molecule has 1 aromatic heterocycles. The Bertz CT molecular complexity index is 1380. The zero-order chi connectivity index (χ0) is 25.4. The first-order chi connectivity index (χ1) is 17.3. The maximum Gasteiger partial charge on any atom is 0.294 e. The second-order valence-corrected chi connectivity index (χ2v) is 10.8. The summed E-state index contributed by atoms with van der Waals surface area (Å²) in [5.74, 6) is -0.188. The number of benzene rings is 2. The van der Waals surface area contributed by atoms with Gasteiger partial charge in [0.1, 0.15) is 0 Å². The average molecular weight is 510 g/mol. The quantitative estimate of drug-likeness (QED) is 0.535. The van der Waals surface area contributed by atoms with E-state index in [1.807, 2.05) is 25.1 Å². The number of morpholine rings is 1. The van der Waals surface area contributed by atoms with Crippen molar-refractivity contribution in [1.29, 1.82) is 0 Å². The number of furan rings is 1. The molecule has 0 bridgehead atoms. The topological polar surface area (TPSA) is 100 Å². The van der Waals surface area contributed by atoms with Crippen LogP contribution in [0.25, 0.3) is 11.1 Å². The average Bonchev–Trinajstić information content (AvgIpc) is 3.43. The molecule has 2 amide bonds. The number of ether oxygens (including phenoxy) is 1. The molecule has 0 spiro atoms. The minimum atomic E-state index is -3.60. The monoisotopic (exact) mass is 509 g/mol. The lowest BCUT2D eigenvalue weighted by Crippen LogP contribution is -2.51. The zero-order valence-electron chi connectivity index (χ0n) is 20.1. The Morgan fingerprint density at radius 1 is 0.944 bits per heavy atom. The summed E-state index contributed by atoms with van der Waals surface area (Å²) in [6.07, 6.45) is 1.45. The van der Waals surface area contributed by atoms with Crippen molar-refractivity contribution >= 4 is 33.2 Å². The fraction of sp³-hybridized carbons (Fsp3) is 0.308. The van der Waals surface area contributed by atoms with Crippen molar-refractivity contribution in [3.8, 4) is 11.1 Å². The highest BCUT2D eigenvalue weighted by Gasteiger charge is 2.35. The third-order valence-corrected chi connectivity index (χ3v) is 8.44. The Labute approximate surface area is 209 Å². The van der Waals surface area contributed by atoms with Crippen LogP contribution in [-0.2, 0) is 19.6 Å². The summed E-state index contributed by atoms with van der Waals surface area (Å²) in [7, 11) is -3.60. The van der Waals surface area contributed by atoms with Crippen molar-refractivity contribution in [1.82, 2.24) is 4.31 Å². The Kier molecular flexibility index (Phi) is 6.42. The molecule has 0 unspecified atom stereocenters. The van der Waals surface area contributed by atoms with Crippen molar-refractivity contribution in [2.45, 2.75) is 24.8 Å². The molecule has 2 aromatic carbocycles. The highest BCUT2D eigenvalue weighted by atomic mass is 32.2. The first-order valence-corrected chi connectivity index (χ1v) is 13.2. The molecule has 36 heavy (non-hydrogen) atoms. The summed E-state index contributed by atoms with van der Waals surface area (Å²) < 4.78 is 38.0. The highest BCUT2D eigenvalue weighted by molar-refractivity contribution is 7.89. The van der Waals surface area contributed by atoms with Crippen molar-refractivity contribution in [3.63, 3.8) is 0 Å². The number of rotatable bonds is 4. The van der Waals surface area contributed by atoms with E-state index in [1.54, 1.807) is 46.2 Å². The fourth-order valence-electron chi connectivity index (χ4n) is 4.77. The summed E-state index contributed by atoms with van der Waals surface area (Å²) in [6, 6.07) is 15.3. The van der Waals surface area contributed by atoms with Crippen molar-refractivity contribution < 1.29 is 27.2 Å². The Morgan fingerprint density at radius 2 is 1.64 bits per heavy atom. The van der Waals surface area contributed by atoms with Gasteiger partial charge in [0, 0.05) is 26.6 Å². The molecule has 188 valence electrons. The summed E-state index contributed by atoms with van der Waals surface area (Å²) >= 11 is 0. The zero-order valence-corrected chi connectivity index (χ0v) is 20.9. The fourth-order valence-corrected chi connectivity index (χ4v) is 6.17. The lowest BCUT2D eigenvalue weighted by Gasteiger charge is -2.40. The van der Waals surface area contributed by atoms with Crippen LogP contribution in [0.5, 0.6) is 0 Å². The minimum Gasteiger partial charge on any atom is -0.459 e. The SMILES string of the molecule is CC(=O)N1c2ccc(-c3ccc(S(=O)(=O)N4CCOCC4)cc3)cc2N(C(=O)c2ccco2)C[C@@H]1C. The summed E-state index contributed by atoms with van der Waals surface area (Å²) in [4.78, 5) is 29.2. The standard InChI is InChI=1S/C26H27N3O6S/c1-18-17-28(26(31)25-4-3-13-35-25)24-16-21(7-10-23(24)29(18)19(2)30)20-5-8-22(9-6-20)36(32,33)27-11-14-34-15-12-27/h3-10,13,16,18H,11-12,14-15,17H2,1-2H3/t18-/m0/s1. The van der Waals surface area contributed by atoms with Gasteiger partial charge < -0.3 is 19.0 Å². The van der Waals surface area contributed by atoms with Gasteiger partial charge in [-0.2, -0.15) is 4.31 Å². The van der Waals surface area contributed by atoms with E-state index in [9.17, 15) is 18.0 Å². The molecule has 2 aliphatic heterocycles. The minimum absolute atomic E-state index is 0.112. The molecular formula is C26H27N3O6S. The predicted octanol–water partition coefficient (Wildman–Crippen LogP) is 3.37. The van der Waals surface area contributed by atoms with Crippen LogP contribution in [-0.4, -0.2) is 63.4 Å². The van der Waals surface area contributed by atoms with E-state index in [0.717, 1.165) is 11.1 Å². The summed E-state index contributed by atoms with van der Waals surface area (Å²) in [6.45, 7) is 5.15. The van der Waals surface area contributed by atoms with Gasteiger partial charge in [0.2, 0.25) is 15.9 Å². The van der Waals surface area contributed by atoms with Crippen LogP contribution in [0.1, 0.15) is 24.4 Å². The predicted molar refractivity (Wildman–Crippen MR) is 134 cm³/mol. The van der Waals surface area contributed by atoms with Gasteiger partial charge in [-0.1, -0.05) is 18.2 Å². The van der Waals surface area contributed by atoms with Gasteiger partial charge in [-0.05, 0) is 54.4 Å². The van der Waals surface area contributed by atoms with E-state index in [2.05, 4.69) is 0 Å². The third kappa shape index (κ3) is 4.32. The molecule has 1 saturated heterocycles. The molecule has 1 fully saturated rings. The van der Waals surface area contributed by atoms with Gasteiger partial charge in [0.05, 0.1) is 41.8 Å². The third-order valence-electron chi connectivity index (χ3n) is 6.53. The number of anilines is 2. The highest BCUT2D eigenvalue weighted by Crippen LogP contribution is 2.39. The van der Waals surface area contributed by atoms with Crippen LogP contribution in [0.15, 0.2) is 70.2 Å². The summed E-state index contributed by atoms with van der Waals surface area (Å²) in [5.41, 5.74) is 2.81. The number of carbonyl (C=O) groups is 2. The lowest BCUT2D eigenvalue weighted by atomic mass is 10.0. The largest absolute Gasteiger partial charge is 0.459 e. The van der Waals surface area contributed by atoms with E-state index < -0.39 is 10.0 Å². The number of fused-ring (bicyclic) bond motifs is 1. The van der Waals surface area contributed by atoms with Gasteiger partial charge in [-0.25, -0.2) is 8.42 Å². The van der Waals surface area contributed by atoms with Crippen LogP contribution >= 0.6 is 0 Å². The second-order valence-electron chi connectivity index (χ2n) is 8.88. The van der Waals surface area contributed by atoms with E-state index in [0.29, 0.717) is 44.2 Å². The Morgan fingerprint density at radius 3 is 2.28 bits per heavy atom. The van der Waals surface area contributed by atoms with Gasteiger partial charge in [-0.15, -0.1) is 0 Å². The molecule has 0 radical (unpaired) electrons. The Balaban J connectivity index is 1.51.